The lowest BCUT2D eigenvalue weighted by molar-refractivity contribution is 0.0184. The summed E-state index contributed by atoms with van der Waals surface area (Å²) in [6.45, 7) is 8.39. The third-order valence-electron chi connectivity index (χ3n) is 4.93. The van der Waals surface area contributed by atoms with Crippen molar-refractivity contribution in [2.45, 2.75) is 71.3 Å². The molecular weight excluding hydrogens is 330 g/mol. The van der Waals surface area contributed by atoms with Crippen molar-refractivity contribution in [2.75, 3.05) is 26.2 Å². The summed E-state index contributed by atoms with van der Waals surface area (Å²) in [6.07, 6.45) is 9.77. The molecule has 0 bridgehead atoms. The Bertz CT molecular complexity index is 503. The molecule has 3 amide bonds. The highest BCUT2D eigenvalue weighted by Crippen LogP contribution is 2.20. The zero-order valence-corrected chi connectivity index (χ0v) is 16.6. The number of likely N-dealkylation sites (tertiary alicyclic amines) is 1. The molecule has 0 atom stereocenters. The van der Waals surface area contributed by atoms with Crippen LogP contribution in [-0.2, 0) is 4.74 Å². The van der Waals surface area contributed by atoms with Gasteiger partial charge in [-0.3, -0.25) is 0 Å². The Morgan fingerprint density at radius 1 is 1.19 bits per heavy atom. The summed E-state index contributed by atoms with van der Waals surface area (Å²) < 4.78 is 5.41. The smallest absolute Gasteiger partial charge is 0.410 e. The first-order valence-electron chi connectivity index (χ1n) is 10.0. The highest BCUT2D eigenvalue weighted by atomic mass is 16.6. The Morgan fingerprint density at radius 3 is 2.54 bits per heavy atom. The van der Waals surface area contributed by atoms with Gasteiger partial charge in [0.25, 0.3) is 0 Å². The maximum Gasteiger partial charge on any atom is 0.410 e. The molecule has 0 aromatic rings. The minimum atomic E-state index is -0.457. The van der Waals surface area contributed by atoms with Crippen molar-refractivity contribution < 1.29 is 14.3 Å². The second-order valence-electron chi connectivity index (χ2n) is 8.41. The van der Waals surface area contributed by atoms with Crippen molar-refractivity contribution in [3.05, 3.63) is 11.6 Å². The summed E-state index contributed by atoms with van der Waals surface area (Å²) in [5.41, 5.74) is 1.02. The first-order valence-corrected chi connectivity index (χ1v) is 10.0. The van der Waals surface area contributed by atoms with Gasteiger partial charge in [0.15, 0.2) is 0 Å². The van der Waals surface area contributed by atoms with Crippen LogP contribution in [0.1, 0.15) is 65.7 Å². The minimum absolute atomic E-state index is 0.0871. The number of allylic oxidation sites excluding steroid dienone is 1. The van der Waals surface area contributed by atoms with Crippen LogP contribution in [0.4, 0.5) is 9.59 Å². The monoisotopic (exact) mass is 365 g/mol. The van der Waals surface area contributed by atoms with Gasteiger partial charge < -0.3 is 20.3 Å². The largest absolute Gasteiger partial charge is 0.444 e. The first-order chi connectivity index (χ1) is 12.3. The fourth-order valence-electron chi connectivity index (χ4n) is 3.41. The lowest BCUT2D eigenvalue weighted by Crippen LogP contribution is -2.45. The maximum absolute atomic E-state index is 12.1. The van der Waals surface area contributed by atoms with Crippen molar-refractivity contribution >= 4 is 12.1 Å². The molecule has 6 heteroatoms. The number of carbonyl (C=O) groups excluding carboxylic acids is 2. The van der Waals surface area contributed by atoms with E-state index in [4.69, 9.17) is 4.74 Å². The summed E-state index contributed by atoms with van der Waals surface area (Å²) in [7, 11) is 0. The third kappa shape index (κ3) is 7.67. The number of piperidine rings is 1. The molecular formula is C20H35N3O3. The number of carbonyl (C=O) groups is 2. The molecule has 2 aliphatic rings. The van der Waals surface area contributed by atoms with Crippen LogP contribution < -0.4 is 10.6 Å². The fourth-order valence-corrected chi connectivity index (χ4v) is 3.41. The second-order valence-corrected chi connectivity index (χ2v) is 8.41. The molecule has 1 saturated heterocycles. The summed E-state index contributed by atoms with van der Waals surface area (Å²) in [5.74, 6) is 0.417. The summed E-state index contributed by atoms with van der Waals surface area (Å²) in [4.78, 5) is 25.7. The first kappa shape index (κ1) is 20.6. The normalized spacial score (nSPS) is 18.9. The van der Waals surface area contributed by atoms with Crippen molar-refractivity contribution in [3.8, 4) is 0 Å². The highest BCUT2D eigenvalue weighted by Gasteiger charge is 2.26. The lowest BCUT2D eigenvalue weighted by atomic mass is 9.97. The van der Waals surface area contributed by atoms with Crippen molar-refractivity contribution in [1.29, 1.82) is 0 Å². The molecule has 0 spiro atoms. The van der Waals surface area contributed by atoms with Gasteiger partial charge in [-0.1, -0.05) is 11.6 Å². The molecule has 1 aliphatic carbocycles. The molecule has 1 fully saturated rings. The van der Waals surface area contributed by atoms with Gasteiger partial charge in [-0.2, -0.15) is 0 Å². The molecule has 1 heterocycles. The van der Waals surface area contributed by atoms with E-state index < -0.39 is 5.60 Å². The predicted molar refractivity (Wildman–Crippen MR) is 103 cm³/mol. The molecule has 0 aromatic carbocycles. The molecule has 2 rings (SSSR count). The molecule has 0 saturated carbocycles. The van der Waals surface area contributed by atoms with E-state index in [0.717, 1.165) is 19.3 Å². The molecule has 148 valence electrons. The molecule has 0 unspecified atom stereocenters. The van der Waals surface area contributed by atoms with E-state index in [1.165, 1.54) is 31.3 Å². The SMILES string of the molecule is CC(C)(C)OC(=O)N1CCC(CNC(=O)NCCC2=CCCCC2)CC1. The minimum Gasteiger partial charge on any atom is -0.444 e. The number of rotatable bonds is 5. The van der Waals surface area contributed by atoms with Crippen LogP contribution >= 0.6 is 0 Å². The zero-order chi connectivity index (χ0) is 19.0. The Kier molecular flexibility index (Phi) is 7.79. The summed E-state index contributed by atoms with van der Waals surface area (Å²) >= 11 is 0. The van der Waals surface area contributed by atoms with Gasteiger partial charge in [0.1, 0.15) is 5.60 Å². The van der Waals surface area contributed by atoms with Crippen LogP contribution in [0.25, 0.3) is 0 Å². The predicted octanol–water partition coefficient (Wildman–Crippen LogP) is 3.82. The Morgan fingerprint density at radius 2 is 1.92 bits per heavy atom. The van der Waals surface area contributed by atoms with E-state index in [2.05, 4.69) is 16.7 Å². The molecule has 0 aromatic heterocycles. The van der Waals surface area contributed by atoms with Gasteiger partial charge >= 0.3 is 12.1 Å². The van der Waals surface area contributed by atoms with E-state index in [1.54, 1.807) is 4.90 Å². The Hall–Kier alpha value is -1.72. The average Bonchev–Trinajstić information content (AvgIpc) is 2.60. The number of nitrogens with one attached hydrogen (secondary N) is 2. The van der Waals surface area contributed by atoms with Crippen molar-refractivity contribution in [3.63, 3.8) is 0 Å². The van der Waals surface area contributed by atoms with E-state index in [1.807, 2.05) is 20.8 Å². The van der Waals surface area contributed by atoms with Crippen LogP contribution in [0.3, 0.4) is 0 Å². The number of hydrogen-bond donors (Lipinski definition) is 2. The van der Waals surface area contributed by atoms with Gasteiger partial charge in [-0.05, 0) is 71.6 Å². The fraction of sp³-hybridized carbons (Fsp3) is 0.800. The molecule has 1 aliphatic heterocycles. The topological polar surface area (TPSA) is 70.7 Å². The van der Waals surface area contributed by atoms with Crippen LogP contribution in [0.2, 0.25) is 0 Å². The third-order valence-corrected chi connectivity index (χ3v) is 4.93. The van der Waals surface area contributed by atoms with Crippen LogP contribution in [0.15, 0.2) is 11.6 Å². The van der Waals surface area contributed by atoms with Crippen molar-refractivity contribution in [2.24, 2.45) is 5.92 Å². The molecule has 2 N–H and O–H groups in total. The summed E-state index contributed by atoms with van der Waals surface area (Å²) in [5, 5.41) is 5.92. The second kappa shape index (κ2) is 9.83. The number of nitrogens with zero attached hydrogens (tertiary/aromatic N) is 1. The number of ether oxygens (including phenoxy) is 1. The number of amides is 3. The van der Waals surface area contributed by atoms with E-state index in [0.29, 0.717) is 32.1 Å². The van der Waals surface area contributed by atoms with Gasteiger partial charge in [-0.15, -0.1) is 0 Å². The number of urea groups is 1. The van der Waals surface area contributed by atoms with E-state index in [9.17, 15) is 9.59 Å². The van der Waals surface area contributed by atoms with Crippen molar-refractivity contribution in [1.82, 2.24) is 15.5 Å². The lowest BCUT2D eigenvalue weighted by Gasteiger charge is -2.33. The maximum atomic E-state index is 12.1. The van der Waals surface area contributed by atoms with E-state index in [-0.39, 0.29) is 12.1 Å². The van der Waals surface area contributed by atoms with Gasteiger partial charge in [0.05, 0.1) is 0 Å². The average molecular weight is 366 g/mol. The van der Waals surface area contributed by atoms with Crippen LogP contribution in [0, 0.1) is 5.92 Å². The standard InChI is InChI=1S/C20H35N3O3/c1-20(2,3)26-19(25)23-13-10-17(11-14-23)15-22-18(24)21-12-9-16-7-5-4-6-8-16/h7,17H,4-6,8-15H2,1-3H3,(H2,21,22,24). The highest BCUT2D eigenvalue weighted by molar-refractivity contribution is 5.73. The molecule has 26 heavy (non-hydrogen) atoms. The molecule has 6 nitrogen and oxygen atoms in total. The Labute approximate surface area is 157 Å². The Balaban J connectivity index is 1.57. The van der Waals surface area contributed by atoms with Gasteiger partial charge in [0, 0.05) is 26.2 Å². The zero-order valence-electron chi connectivity index (χ0n) is 16.6. The summed E-state index contributed by atoms with van der Waals surface area (Å²) in [6, 6.07) is -0.0871. The van der Waals surface area contributed by atoms with Crippen LogP contribution in [0.5, 0.6) is 0 Å². The molecule has 0 radical (unpaired) electrons. The van der Waals surface area contributed by atoms with Crippen LogP contribution in [-0.4, -0.2) is 48.8 Å². The van der Waals surface area contributed by atoms with Gasteiger partial charge in [-0.25, -0.2) is 9.59 Å². The van der Waals surface area contributed by atoms with Gasteiger partial charge in [0.2, 0.25) is 0 Å². The quantitative estimate of drug-likeness (QED) is 0.728. The van der Waals surface area contributed by atoms with E-state index >= 15 is 0 Å². The number of hydrogen-bond acceptors (Lipinski definition) is 3.